The number of rotatable bonds is 8. The summed E-state index contributed by atoms with van der Waals surface area (Å²) in [7, 11) is 3.55. The first-order valence-electron chi connectivity index (χ1n) is 8.78. The predicted molar refractivity (Wildman–Crippen MR) is 96.0 cm³/mol. The number of nitrogens with zero attached hydrogens (tertiary/aromatic N) is 3. The van der Waals surface area contributed by atoms with Gasteiger partial charge in [-0.15, -0.1) is 0 Å². The maximum Gasteiger partial charge on any atom is 0.356 e. The Morgan fingerprint density at radius 1 is 1.44 bits per heavy atom. The number of esters is 1. The molecule has 27 heavy (non-hydrogen) atoms. The Morgan fingerprint density at radius 3 is 3.00 bits per heavy atom. The summed E-state index contributed by atoms with van der Waals surface area (Å²) >= 11 is 0. The number of hydrogen-bond donors (Lipinski definition) is 0. The van der Waals surface area contributed by atoms with Gasteiger partial charge in [-0.1, -0.05) is 17.3 Å². The van der Waals surface area contributed by atoms with Crippen LogP contribution in [0, 0.1) is 0 Å². The maximum atomic E-state index is 12.1. The number of methoxy groups -OCH3 is 1. The standard InChI is InChI=1S/C19H24N3O5/c1-4-25-18(23)17-13-19(27-20-17,15-6-5-7-16(12-15)24-3)26-11-10-22-9-8-21(2)14-22/h5-9,12,14H,4,10-11,13H2,1-3H3/q+1. The largest absolute Gasteiger partial charge is 0.497 e. The van der Waals surface area contributed by atoms with E-state index in [1.165, 1.54) is 0 Å². The van der Waals surface area contributed by atoms with Crippen LogP contribution in [-0.2, 0) is 38.5 Å². The van der Waals surface area contributed by atoms with Crippen molar-refractivity contribution >= 4 is 11.7 Å². The Balaban J connectivity index is 1.78. The molecule has 0 spiro atoms. The zero-order valence-corrected chi connectivity index (χ0v) is 15.8. The average molecular weight is 374 g/mol. The van der Waals surface area contributed by atoms with E-state index in [0.29, 0.717) is 18.9 Å². The van der Waals surface area contributed by atoms with E-state index in [0.717, 1.165) is 5.56 Å². The Morgan fingerprint density at radius 2 is 2.30 bits per heavy atom. The maximum absolute atomic E-state index is 12.1. The molecular formula is C19H24N3O5+. The lowest BCUT2D eigenvalue weighted by atomic mass is 10.00. The molecule has 144 valence electrons. The third-order valence-electron chi connectivity index (χ3n) is 4.23. The predicted octanol–water partition coefficient (Wildman–Crippen LogP) is 1.53. The van der Waals surface area contributed by atoms with Crippen LogP contribution >= 0.6 is 0 Å². The third kappa shape index (κ3) is 4.28. The first-order chi connectivity index (χ1) is 13.1. The Bertz CT molecular complexity index is 832. The van der Waals surface area contributed by atoms with Crippen molar-refractivity contribution in [3.05, 3.63) is 48.5 Å². The second kappa shape index (κ2) is 8.22. The highest BCUT2D eigenvalue weighted by Crippen LogP contribution is 2.37. The number of ether oxygens (including phenoxy) is 3. The van der Waals surface area contributed by atoms with Gasteiger partial charge in [-0.2, -0.15) is 0 Å². The van der Waals surface area contributed by atoms with E-state index >= 15 is 0 Å². The molecule has 0 fully saturated rings. The highest BCUT2D eigenvalue weighted by atomic mass is 16.8. The van der Waals surface area contributed by atoms with Crippen molar-refractivity contribution < 1.29 is 28.4 Å². The number of carbonyl (C=O) groups is 1. The summed E-state index contributed by atoms with van der Waals surface area (Å²) in [6.07, 6.45) is 6.03. The SMILES string of the molecule is CCOC(=O)C1=NOC(OCCn2cc[n+](C)c2)(c2cccc(OC)c2)C1. The van der Waals surface area contributed by atoms with Crippen LogP contribution in [0.1, 0.15) is 18.9 Å². The van der Waals surface area contributed by atoms with Crippen molar-refractivity contribution in [2.45, 2.75) is 25.7 Å². The van der Waals surface area contributed by atoms with E-state index in [1.807, 2.05) is 59.2 Å². The topological polar surface area (TPSA) is 75.2 Å². The van der Waals surface area contributed by atoms with E-state index in [1.54, 1.807) is 14.0 Å². The van der Waals surface area contributed by atoms with Gasteiger partial charge in [-0.05, 0) is 19.1 Å². The average Bonchev–Trinajstić information content (AvgIpc) is 3.29. The number of carbonyl (C=O) groups excluding carboxylic acids is 1. The highest BCUT2D eigenvalue weighted by molar-refractivity contribution is 6.36. The van der Waals surface area contributed by atoms with Crippen molar-refractivity contribution in [3.8, 4) is 5.75 Å². The molecule has 1 atom stereocenters. The molecule has 1 aliphatic heterocycles. The minimum Gasteiger partial charge on any atom is -0.497 e. The number of imidazole rings is 1. The number of aromatic nitrogens is 2. The van der Waals surface area contributed by atoms with Crippen molar-refractivity contribution in [3.63, 3.8) is 0 Å². The van der Waals surface area contributed by atoms with Gasteiger partial charge >= 0.3 is 5.97 Å². The van der Waals surface area contributed by atoms with Crippen LogP contribution in [-0.4, -0.2) is 36.6 Å². The Labute approximate surface area is 157 Å². The Hall–Kier alpha value is -2.87. The summed E-state index contributed by atoms with van der Waals surface area (Å²) in [5.41, 5.74) is 0.926. The molecule has 0 radical (unpaired) electrons. The highest BCUT2D eigenvalue weighted by Gasteiger charge is 2.45. The Kier molecular flexibility index (Phi) is 5.75. The van der Waals surface area contributed by atoms with Crippen molar-refractivity contribution in [1.82, 2.24) is 4.57 Å². The van der Waals surface area contributed by atoms with Crippen LogP contribution in [0.25, 0.3) is 0 Å². The fourth-order valence-electron chi connectivity index (χ4n) is 2.86. The lowest BCUT2D eigenvalue weighted by Crippen LogP contribution is -2.33. The first kappa shape index (κ1) is 18.9. The van der Waals surface area contributed by atoms with Gasteiger partial charge in [0, 0.05) is 5.56 Å². The molecule has 1 aliphatic rings. The van der Waals surface area contributed by atoms with Crippen LogP contribution in [0.4, 0.5) is 0 Å². The van der Waals surface area contributed by atoms with Crippen molar-refractivity contribution in [2.75, 3.05) is 20.3 Å². The summed E-state index contributed by atoms with van der Waals surface area (Å²) in [5, 5.41) is 3.93. The second-order valence-corrected chi connectivity index (χ2v) is 6.18. The molecular weight excluding hydrogens is 350 g/mol. The van der Waals surface area contributed by atoms with Crippen LogP contribution in [0.2, 0.25) is 0 Å². The molecule has 2 aromatic rings. The molecule has 2 heterocycles. The molecule has 8 nitrogen and oxygen atoms in total. The van der Waals surface area contributed by atoms with Gasteiger partial charge in [-0.3, -0.25) is 0 Å². The fourth-order valence-corrected chi connectivity index (χ4v) is 2.86. The second-order valence-electron chi connectivity index (χ2n) is 6.18. The van der Waals surface area contributed by atoms with E-state index in [-0.39, 0.29) is 18.7 Å². The third-order valence-corrected chi connectivity index (χ3v) is 4.23. The number of hydrogen-bond acceptors (Lipinski definition) is 6. The van der Waals surface area contributed by atoms with Crippen molar-refractivity contribution in [2.24, 2.45) is 12.2 Å². The van der Waals surface area contributed by atoms with Crippen LogP contribution in [0.5, 0.6) is 5.75 Å². The summed E-state index contributed by atoms with van der Waals surface area (Å²) < 4.78 is 20.4. The summed E-state index contributed by atoms with van der Waals surface area (Å²) in [5.74, 6) is -1.02. The van der Waals surface area contributed by atoms with E-state index in [2.05, 4.69) is 5.16 Å². The van der Waals surface area contributed by atoms with E-state index in [4.69, 9.17) is 19.0 Å². The molecule has 0 aliphatic carbocycles. The molecule has 1 unspecified atom stereocenters. The molecule has 3 rings (SSSR count). The van der Waals surface area contributed by atoms with Crippen molar-refractivity contribution in [1.29, 1.82) is 0 Å². The van der Waals surface area contributed by atoms with Crippen LogP contribution in [0.3, 0.4) is 0 Å². The van der Waals surface area contributed by atoms with Gasteiger partial charge in [0.2, 0.25) is 6.33 Å². The lowest BCUT2D eigenvalue weighted by Gasteiger charge is -2.27. The molecule has 0 saturated heterocycles. The molecule has 0 saturated carbocycles. The molecule has 0 bridgehead atoms. The summed E-state index contributed by atoms with van der Waals surface area (Å²) in [6.45, 7) is 3.02. The van der Waals surface area contributed by atoms with Gasteiger partial charge in [0.25, 0.3) is 5.79 Å². The first-order valence-corrected chi connectivity index (χ1v) is 8.78. The van der Waals surface area contributed by atoms with Gasteiger partial charge in [0.05, 0.1) is 33.8 Å². The smallest absolute Gasteiger partial charge is 0.356 e. The van der Waals surface area contributed by atoms with Crippen LogP contribution < -0.4 is 9.30 Å². The zero-order valence-electron chi connectivity index (χ0n) is 15.8. The molecule has 1 aromatic heterocycles. The van der Waals surface area contributed by atoms with Gasteiger partial charge in [0.1, 0.15) is 24.7 Å². The molecule has 8 heteroatoms. The summed E-state index contributed by atoms with van der Waals surface area (Å²) in [6, 6.07) is 7.36. The monoisotopic (exact) mass is 374 g/mol. The fraction of sp³-hybridized carbons (Fsp3) is 0.421. The minimum absolute atomic E-state index is 0.165. The van der Waals surface area contributed by atoms with Crippen LogP contribution in [0.15, 0.2) is 48.1 Å². The lowest BCUT2D eigenvalue weighted by molar-refractivity contribution is -0.671. The number of aryl methyl sites for hydroxylation is 1. The van der Waals surface area contributed by atoms with E-state index in [9.17, 15) is 4.79 Å². The minimum atomic E-state index is -1.19. The van der Waals surface area contributed by atoms with Gasteiger partial charge in [0.15, 0.2) is 5.71 Å². The number of benzene rings is 1. The molecule has 0 N–H and O–H groups in total. The summed E-state index contributed by atoms with van der Waals surface area (Å²) in [4.78, 5) is 17.7. The van der Waals surface area contributed by atoms with E-state index < -0.39 is 11.8 Å². The number of oxime groups is 1. The molecule has 0 amide bonds. The zero-order chi connectivity index (χ0) is 19.3. The quantitative estimate of drug-likeness (QED) is 0.517. The molecule has 1 aromatic carbocycles. The van der Waals surface area contributed by atoms with Gasteiger partial charge in [-0.25, -0.2) is 13.9 Å². The normalized spacial score (nSPS) is 18.7. The van der Waals surface area contributed by atoms with Gasteiger partial charge < -0.3 is 19.0 Å².